The van der Waals surface area contributed by atoms with Crippen LogP contribution in [0, 0.1) is 0 Å². The Hall–Kier alpha value is 1.59. The predicted octanol–water partition coefficient (Wildman–Crippen LogP) is 8.83. The molecule has 32 heavy (non-hydrogen) atoms. The van der Waals surface area contributed by atoms with E-state index in [0.29, 0.717) is 13.1 Å². The molecule has 0 aromatic rings. The molecule has 2 atom stereocenters. The van der Waals surface area contributed by atoms with E-state index >= 15 is 0 Å². The molecule has 0 saturated heterocycles. The zero-order chi connectivity index (χ0) is 24.8. The van der Waals surface area contributed by atoms with E-state index in [1.165, 1.54) is 0 Å². The third-order valence-corrected chi connectivity index (χ3v) is 20.4. The first-order chi connectivity index (χ1) is 14.9. The molecular weight excluding hydrogens is 548 g/mol. The van der Waals surface area contributed by atoms with Gasteiger partial charge < -0.3 is 0 Å². The molecule has 0 radical (unpaired) electrons. The molecule has 2 N–H and O–H groups in total. The van der Waals surface area contributed by atoms with Crippen LogP contribution in [0.15, 0.2) is 18.1 Å². The van der Waals surface area contributed by atoms with Crippen molar-refractivity contribution in [2.24, 2.45) is 23.6 Å². The Bertz CT molecular complexity index is 804. The van der Waals surface area contributed by atoms with Crippen molar-refractivity contribution < 1.29 is 0 Å². The van der Waals surface area contributed by atoms with E-state index in [9.17, 15) is 0 Å². The van der Waals surface area contributed by atoms with Gasteiger partial charge in [0.05, 0.1) is 0 Å². The number of halogens is 3. The first-order valence-electron chi connectivity index (χ1n) is 11.4. The molecule has 0 aromatic heterocycles. The van der Waals surface area contributed by atoms with E-state index in [1.807, 2.05) is 0 Å². The van der Waals surface area contributed by atoms with Gasteiger partial charge in [-0.3, -0.25) is 5.50 Å². The molecule has 9 nitrogen and oxygen atoms in total. The fourth-order valence-electron chi connectivity index (χ4n) is 3.88. The number of hydrogen-bond acceptors (Lipinski definition) is 9. The molecule has 0 bridgehead atoms. The number of hydrogen-bond donors (Lipinski definition) is 1. The minimum Gasteiger partial charge on any atom is -0.267 e. The molecular formula is C16H42Cl3N9P4. The second-order valence-corrected chi connectivity index (χ2v) is 22.3. The number of nitrogens with two attached hydrogens (primary N) is 1. The molecule has 0 unspecified atom stereocenters. The minimum absolute atomic E-state index is 0.681. The lowest BCUT2D eigenvalue weighted by Gasteiger charge is -2.46. The minimum atomic E-state index is -3.14. The Morgan fingerprint density at radius 3 is 1.31 bits per heavy atom. The molecule has 0 saturated carbocycles. The van der Waals surface area contributed by atoms with Gasteiger partial charge in [0, 0.05) is 52.4 Å². The maximum atomic E-state index is 7.18. The summed E-state index contributed by atoms with van der Waals surface area (Å²) in [4.78, 5) is 0. The van der Waals surface area contributed by atoms with Crippen molar-refractivity contribution in [3.8, 4) is 0 Å². The Labute approximate surface area is 210 Å². The van der Waals surface area contributed by atoms with Crippen LogP contribution in [0.4, 0.5) is 0 Å². The SMILES string of the molecule is CCN(CC)P1(N(CC)CC)=N[P@](N)(N(CC)CC)=N[P@@](N=P(Cl)(Cl)Cl)(N(CC)CC)=N1. The van der Waals surface area contributed by atoms with Gasteiger partial charge in [0.1, 0.15) is 0 Å². The fraction of sp³-hybridized carbons (Fsp3) is 1.00. The molecule has 0 aromatic carbocycles. The largest absolute Gasteiger partial charge is 0.267 e. The van der Waals surface area contributed by atoms with Crippen molar-refractivity contribution in [3.63, 3.8) is 0 Å². The molecule has 1 rings (SSSR count). The monoisotopic (exact) mass is 589 g/mol. The molecule has 0 amide bonds. The molecule has 0 aliphatic carbocycles. The standard InChI is InChI=1S/C16H42Cl3N9P4/c1-9-25(10-2)30(20)22-31(21-29(17,18)19,26(11-3)12-4)24-32(23-30,27(13-5)14-6)28(15-7)16-8/h9-16,20H2,1-8H3/t30-,31-/m1/s1. The van der Waals surface area contributed by atoms with Crippen molar-refractivity contribution in [1.82, 2.24) is 18.7 Å². The van der Waals surface area contributed by atoms with Gasteiger partial charge in [0.2, 0.25) is 20.1 Å². The third kappa shape index (κ3) is 6.87. The van der Waals surface area contributed by atoms with Crippen LogP contribution in [0.2, 0.25) is 0 Å². The summed E-state index contributed by atoms with van der Waals surface area (Å²) in [7, 11) is -8.46. The molecule has 0 fully saturated rings. The zero-order valence-corrected chi connectivity index (χ0v) is 26.6. The topological polar surface area (TPSA) is 88.4 Å². The van der Waals surface area contributed by atoms with Crippen molar-refractivity contribution in [2.45, 2.75) is 55.4 Å². The second-order valence-electron chi connectivity index (χ2n) is 7.02. The quantitative estimate of drug-likeness (QED) is 0.217. The summed E-state index contributed by atoms with van der Waals surface area (Å²) in [6, 6.07) is 0. The van der Waals surface area contributed by atoms with Crippen LogP contribution in [0.5, 0.6) is 0 Å². The predicted molar refractivity (Wildman–Crippen MR) is 151 cm³/mol. The summed E-state index contributed by atoms with van der Waals surface area (Å²) in [6.45, 7) is 22.8. The van der Waals surface area contributed by atoms with Gasteiger partial charge in [0.25, 0.3) is 7.51 Å². The van der Waals surface area contributed by atoms with E-state index in [4.69, 9.17) is 57.3 Å². The van der Waals surface area contributed by atoms with Gasteiger partial charge in [0.15, 0.2) is 0 Å². The third-order valence-electron chi connectivity index (χ3n) is 5.44. The van der Waals surface area contributed by atoms with Gasteiger partial charge in [-0.1, -0.05) is 55.4 Å². The van der Waals surface area contributed by atoms with Crippen molar-refractivity contribution in [2.75, 3.05) is 52.4 Å². The van der Waals surface area contributed by atoms with E-state index in [-0.39, 0.29) is 0 Å². The molecule has 1 aliphatic heterocycles. The number of rotatable bonds is 13. The Morgan fingerprint density at radius 1 is 0.625 bits per heavy atom. The van der Waals surface area contributed by atoms with E-state index in [2.05, 4.69) is 74.1 Å². The van der Waals surface area contributed by atoms with E-state index in [1.54, 1.807) is 0 Å². The van der Waals surface area contributed by atoms with Crippen LogP contribution in [0.3, 0.4) is 0 Å². The first kappa shape index (κ1) is 31.6. The molecule has 1 aliphatic rings. The van der Waals surface area contributed by atoms with Gasteiger partial charge in [-0.05, 0) is 33.7 Å². The fourth-order valence-corrected chi connectivity index (χ4v) is 21.4. The van der Waals surface area contributed by atoms with Gasteiger partial charge >= 0.3 is 0 Å². The van der Waals surface area contributed by atoms with Crippen molar-refractivity contribution >= 4 is 61.4 Å². The molecule has 192 valence electrons. The van der Waals surface area contributed by atoms with Gasteiger partial charge in [-0.25, -0.2) is 18.7 Å². The van der Waals surface area contributed by atoms with Crippen LogP contribution in [0.25, 0.3) is 0 Å². The summed E-state index contributed by atoms with van der Waals surface area (Å²) in [6.07, 6.45) is 0. The summed E-state index contributed by atoms with van der Waals surface area (Å²) in [5, 5.41) is -3.14. The Balaban J connectivity index is 4.44. The average molecular weight is 591 g/mol. The Morgan fingerprint density at radius 2 is 1.00 bits per heavy atom. The first-order valence-corrected chi connectivity index (χ1v) is 20.7. The molecule has 0 spiro atoms. The average Bonchev–Trinajstić information content (AvgIpc) is 2.69. The van der Waals surface area contributed by atoms with Crippen molar-refractivity contribution in [1.29, 1.82) is 0 Å². The van der Waals surface area contributed by atoms with Crippen LogP contribution < -0.4 is 5.50 Å². The highest BCUT2D eigenvalue weighted by Gasteiger charge is 2.45. The molecule has 16 heteroatoms. The van der Waals surface area contributed by atoms with E-state index < -0.39 is 27.6 Å². The maximum Gasteiger partial charge on any atom is 0.267 e. The van der Waals surface area contributed by atoms with E-state index in [0.717, 1.165) is 39.3 Å². The smallest absolute Gasteiger partial charge is 0.267 e. The highest BCUT2D eigenvalue weighted by atomic mass is 36.0. The molecule has 1 heterocycles. The maximum absolute atomic E-state index is 7.18. The summed E-state index contributed by atoms with van der Waals surface area (Å²) < 4.78 is 29.9. The van der Waals surface area contributed by atoms with Crippen LogP contribution >= 0.6 is 61.4 Å². The normalized spacial score (nSPS) is 25.8. The lowest BCUT2D eigenvalue weighted by molar-refractivity contribution is 0.413. The van der Waals surface area contributed by atoms with Gasteiger partial charge in [-0.2, -0.15) is 18.1 Å². The lowest BCUT2D eigenvalue weighted by Crippen LogP contribution is -2.34. The second kappa shape index (κ2) is 13.2. The Kier molecular flexibility index (Phi) is 13.1. The highest BCUT2D eigenvalue weighted by Crippen LogP contribution is 2.84. The highest BCUT2D eigenvalue weighted by molar-refractivity contribution is 8.27. The lowest BCUT2D eigenvalue weighted by atomic mass is 10.7. The summed E-state index contributed by atoms with van der Waals surface area (Å²) in [5.41, 5.74) is 7.18. The summed E-state index contributed by atoms with van der Waals surface area (Å²) in [5.74, 6) is 0. The van der Waals surface area contributed by atoms with Crippen LogP contribution in [-0.2, 0) is 0 Å². The van der Waals surface area contributed by atoms with Crippen LogP contribution in [-0.4, -0.2) is 71.0 Å². The van der Waals surface area contributed by atoms with Crippen LogP contribution in [0.1, 0.15) is 55.4 Å². The van der Waals surface area contributed by atoms with Crippen molar-refractivity contribution in [3.05, 3.63) is 0 Å². The zero-order valence-electron chi connectivity index (χ0n) is 20.7. The number of nitrogens with zero attached hydrogens (tertiary/aromatic N) is 8. The summed E-state index contributed by atoms with van der Waals surface area (Å²) >= 11 is 19.2. The van der Waals surface area contributed by atoms with Gasteiger partial charge in [-0.15, -0.1) is 0 Å².